The second-order valence-corrected chi connectivity index (χ2v) is 6.64. The number of carbonyl (C=O) groups excluding carboxylic acids is 1. The lowest BCUT2D eigenvalue weighted by Crippen LogP contribution is -2.46. The molecule has 26 heavy (non-hydrogen) atoms. The molecule has 11 heteroatoms. The summed E-state index contributed by atoms with van der Waals surface area (Å²) in [5.41, 5.74) is 5.80. The first kappa shape index (κ1) is 18.3. The Morgan fingerprint density at radius 2 is 2.00 bits per heavy atom. The van der Waals surface area contributed by atoms with E-state index in [1.807, 2.05) is 12.1 Å². The van der Waals surface area contributed by atoms with Gasteiger partial charge < -0.3 is 10.2 Å². The third kappa shape index (κ3) is 4.38. The molecule has 0 bridgehead atoms. The first-order valence-electron chi connectivity index (χ1n) is 8.20. The van der Waals surface area contributed by atoms with Gasteiger partial charge in [-0.05, 0) is 49.3 Å². The Balaban J connectivity index is 1.51. The normalized spacial score (nSPS) is 14.8. The quantitative estimate of drug-likeness (QED) is 0.530. The number of hydrazine groups is 1. The lowest BCUT2D eigenvalue weighted by molar-refractivity contribution is -0.125. The largest absolute Gasteiger partial charge is 0.338 e. The summed E-state index contributed by atoms with van der Waals surface area (Å²) in [5.74, 6) is 0.199. The van der Waals surface area contributed by atoms with E-state index in [0.717, 1.165) is 25.9 Å². The molecule has 138 valence electrons. The summed E-state index contributed by atoms with van der Waals surface area (Å²) in [6.07, 6.45) is 2.23. The molecule has 2 heterocycles. The lowest BCUT2D eigenvalue weighted by atomic mass is 10.3. The Morgan fingerprint density at radius 1 is 1.27 bits per heavy atom. The number of anilines is 2. The summed E-state index contributed by atoms with van der Waals surface area (Å²) in [7, 11) is 0. The third-order valence-electron chi connectivity index (χ3n) is 3.95. The number of halogens is 1. The molecule has 1 aliphatic heterocycles. The zero-order valence-electron chi connectivity index (χ0n) is 14.1. The lowest BCUT2D eigenvalue weighted by Gasteiger charge is -2.15. The molecule has 1 saturated heterocycles. The van der Waals surface area contributed by atoms with Crippen LogP contribution in [0.1, 0.15) is 25.8 Å². The highest BCUT2D eigenvalue weighted by atomic mass is 35.5. The number of amides is 1. The van der Waals surface area contributed by atoms with Crippen LogP contribution in [0.2, 0.25) is 5.02 Å². The average molecular weight is 395 g/mol. The number of nitrogens with zero attached hydrogens (tertiary/aromatic N) is 5. The Labute approximate surface area is 161 Å². The molecule has 0 radical (unpaired) electrons. The number of nitrogens with one attached hydrogen (secondary N) is 3. The van der Waals surface area contributed by atoms with E-state index in [4.69, 9.17) is 23.8 Å². The topological polar surface area (TPSA) is 100 Å². The summed E-state index contributed by atoms with van der Waals surface area (Å²) in [6, 6.07) is 6.51. The van der Waals surface area contributed by atoms with Gasteiger partial charge in [0.25, 0.3) is 11.9 Å². The molecule has 0 unspecified atom stereocenters. The number of tetrazole rings is 1. The van der Waals surface area contributed by atoms with E-state index in [0.29, 0.717) is 16.7 Å². The fraction of sp³-hybridized carbons (Fsp3) is 0.400. The van der Waals surface area contributed by atoms with Crippen molar-refractivity contribution in [1.29, 1.82) is 0 Å². The van der Waals surface area contributed by atoms with E-state index < -0.39 is 6.04 Å². The van der Waals surface area contributed by atoms with Crippen molar-refractivity contribution in [2.45, 2.75) is 25.8 Å². The van der Waals surface area contributed by atoms with Crippen LogP contribution in [0.3, 0.4) is 0 Å². The molecular weight excluding hydrogens is 376 g/mol. The van der Waals surface area contributed by atoms with Crippen LogP contribution in [-0.2, 0) is 4.79 Å². The van der Waals surface area contributed by atoms with Crippen molar-refractivity contribution in [3.63, 3.8) is 0 Å². The highest BCUT2D eigenvalue weighted by Crippen LogP contribution is 2.20. The zero-order chi connectivity index (χ0) is 18.5. The number of hydrogen-bond donors (Lipinski definition) is 3. The molecule has 1 aromatic heterocycles. The van der Waals surface area contributed by atoms with Crippen LogP contribution in [0.25, 0.3) is 0 Å². The second kappa shape index (κ2) is 8.28. The molecule has 1 fully saturated rings. The average Bonchev–Trinajstić information content (AvgIpc) is 3.32. The van der Waals surface area contributed by atoms with E-state index in [-0.39, 0.29) is 11.0 Å². The number of carbonyl (C=O) groups is 1. The maximum Gasteiger partial charge on any atom is 0.266 e. The van der Waals surface area contributed by atoms with Gasteiger partial charge in [0.05, 0.1) is 10.7 Å². The van der Waals surface area contributed by atoms with Gasteiger partial charge in [-0.15, -0.1) is 9.90 Å². The number of rotatable bonds is 4. The Hall–Kier alpha value is -2.46. The van der Waals surface area contributed by atoms with Crippen molar-refractivity contribution in [2.24, 2.45) is 0 Å². The Kier molecular flexibility index (Phi) is 5.84. The highest BCUT2D eigenvalue weighted by molar-refractivity contribution is 7.80. The van der Waals surface area contributed by atoms with Crippen LogP contribution >= 0.6 is 23.8 Å². The third-order valence-corrected chi connectivity index (χ3v) is 4.49. The molecule has 1 amide bonds. The van der Waals surface area contributed by atoms with Crippen molar-refractivity contribution in [1.82, 2.24) is 31.1 Å². The summed E-state index contributed by atoms with van der Waals surface area (Å²) in [5, 5.41) is 15.9. The number of hydrogen-bond acceptors (Lipinski definition) is 6. The first-order valence-corrected chi connectivity index (χ1v) is 8.99. The predicted octanol–water partition coefficient (Wildman–Crippen LogP) is 1.51. The van der Waals surface area contributed by atoms with E-state index >= 15 is 0 Å². The highest BCUT2D eigenvalue weighted by Gasteiger charge is 2.22. The monoisotopic (exact) mass is 394 g/mol. The second-order valence-electron chi connectivity index (χ2n) is 5.83. The summed E-state index contributed by atoms with van der Waals surface area (Å²) >= 11 is 11.2. The minimum absolute atomic E-state index is 0.211. The van der Waals surface area contributed by atoms with Gasteiger partial charge >= 0.3 is 0 Å². The number of para-hydroxylation sites is 1. The molecule has 3 N–H and O–H groups in total. The smallest absolute Gasteiger partial charge is 0.266 e. The maximum atomic E-state index is 12.3. The number of thiocarbonyl (C=S) groups is 1. The predicted molar refractivity (Wildman–Crippen MR) is 103 cm³/mol. The molecule has 1 aromatic carbocycles. The fourth-order valence-electron chi connectivity index (χ4n) is 2.47. The van der Waals surface area contributed by atoms with Gasteiger partial charge in [0.15, 0.2) is 11.2 Å². The van der Waals surface area contributed by atoms with Crippen LogP contribution in [0.5, 0.6) is 0 Å². The van der Waals surface area contributed by atoms with Gasteiger partial charge in [0.2, 0.25) is 0 Å². The molecule has 9 nitrogen and oxygen atoms in total. The molecule has 1 aliphatic rings. The Morgan fingerprint density at radius 3 is 2.73 bits per heavy atom. The first-order chi connectivity index (χ1) is 12.5. The van der Waals surface area contributed by atoms with Crippen molar-refractivity contribution in [3.05, 3.63) is 29.3 Å². The minimum Gasteiger partial charge on any atom is -0.338 e. The fourth-order valence-corrected chi connectivity index (χ4v) is 2.81. The van der Waals surface area contributed by atoms with Gasteiger partial charge in [-0.3, -0.25) is 15.6 Å². The molecule has 0 aliphatic carbocycles. The van der Waals surface area contributed by atoms with Gasteiger partial charge in [-0.25, -0.2) is 0 Å². The van der Waals surface area contributed by atoms with Crippen molar-refractivity contribution in [2.75, 3.05) is 23.3 Å². The summed E-state index contributed by atoms with van der Waals surface area (Å²) in [4.78, 5) is 15.6. The Bertz CT molecular complexity index is 791. The van der Waals surface area contributed by atoms with Crippen molar-refractivity contribution in [3.8, 4) is 0 Å². The van der Waals surface area contributed by atoms with Crippen LogP contribution in [-0.4, -0.2) is 44.3 Å². The van der Waals surface area contributed by atoms with Crippen LogP contribution < -0.4 is 21.1 Å². The maximum absolute atomic E-state index is 12.3. The van der Waals surface area contributed by atoms with E-state index in [1.165, 1.54) is 4.80 Å². The molecule has 3 rings (SSSR count). The van der Waals surface area contributed by atoms with E-state index in [1.54, 1.807) is 19.1 Å². The van der Waals surface area contributed by atoms with Gasteiger partial charge in [-0.2, -0.15) is 0 Å². The standard InChI is InChI=1S/C15H19ClN8OS/c1-10(24-21-14(19-22-24)23-8-4-5-9-23)13(25)18-20-15(26)17-12-7-3-2-6-11(12)16/h2-3,6-7,10H,4-5,8-9H2,1H3,(H,18,25)(H2,17,20,26)/t10-/m1/s1. The van der Waals surface area contributed by atoms with Crippen LogP contribution in [0.15, 0.2) is 24.3 Å². The van der Waals surface area contributed by atoms with Crippen molar-refractivity contribution < 1.29 is 4.79 Å². The molecule has 2 aromatic rings. The molecule has 0 spiro atoms. The van der Waals surface area contributed by atoms with Gasteiger partial charge in [-0.1, -0.05) is 28.8 Å². The number of benzene rings is 1. The van der Waals surface area contributed by atoms with E-state index in [2.05, 4.69) is 36.5 Å². The summed E-state index contributed by atoms with van der Waals surface area (Å²) < 4.78 is 0. The van der Waals surface area contributed by atoms with E-state index in [9.17, 15) is 4.79 Å². The van der Waals surface area contributed by atoms with Crippen molar-refractivity contribution >= 4 is 46.5 Å². The van der Waals surface area contributed by atoms with Crippen LogP contribution in [0.4, 0.5) is 11.6 Å². The SMILES string of the molecule is C[C@H](C(=O)NNC(=S)Nc1ccccc1Cl)n1nnc(N2CCCC2)n1. The zero-order valence-corrected chi connectivity index (χ0v) is 15.7. The summed E-state index contributed by atoms with van der Waals surface area (Å²) in [6.45, 7) is 3.50. The number of aromatic nitrogens is 4. The molecule has 0 saturated carbocycles. The minimum atomic E-state index is -0.644. The molecule has 1 atom stereocenters. The van der Waals surface area contributed by atoms with Gasteiger partial charge in [0.1, 0.15) is 0 Å². The van der Waals surface area contributed by atoms with Gasteiger partial charge in [0, 0.05) is 13.1 Å². The van der Waals surface area contributed by atoms with Crippen LogP contribution in [0, 0.1) is 0 Å². The molecular formula is C15H19ClN8OS.